The van der Waals surface area contributed by atoms with Crippen LogP contribution in [-0.4, -0.2) is 36.5 Å². The molecule has 1 N–H and O–H groups in total. The first kappa shape index (κ1) is 17.7. The highest BCUT2D eigenvalue weighted by Gasteiger charge is 2.24. The van der Waals surface area contributed by atoms with Crippen molar-refractivity contribution in [3.8, 4) is 0 Å². The summed E-state index contributed by atoms with van der Waals surface area (Å²) in [6.45, 7) is 7.23. The lowest BCUT2D eigenvalue weighted by Crippen LogP contribution is -2.42. The maximum absolute atomic E-state index is 12.9. The average Bonchev–Trinajstić information content (AvgIpc) is 3.31. The highest BCUT2D eigenvalue weighted by Crippen LogP contribution is 2.22. The van der Waals surface area contributed by atoms with E-state index in [0.29, 0.717) is 19.0 Å². The van der Waals surface area contributed by atoms with Gasteiger partial charge in [-0.05, 0) is 57.5 Å². The second-order valence-corrected chi connectivity index (χ2v) is 7.08. The topological polar surface area (TPSA) is 45.5 Å². The third kappa shape index (κ3) is 4.73. The second-order valence-electron chi connectivity index (χ2n) is 7.08. The third-order valence-corrected chi connectivity index (χ3v) is 5.12. The Morgan fingerprint density at radius 2 is 1.92 bits per heavy atom. The minimum atomic E-state index is -0.225. The lowest BCUT2D eigenvalue weighted by Gasteiger charge is -2.25. The molecule has 2 unspecified atom stereocenters. The van der Waals surface area contributed by atoms with E-state index in [0.717, 1.165) is 24.4 Å². The molecule has 1 aliphatic rings. The van der Waals surface area contributed by atoms with Crippen molar-refractivity contribution in [3.63, 3.8) is 0 Å². The fraction of sp³-hybridized carbons (Fsp3) is 0.476. The Balaban J connectivity index is 1.66. The molecule has 0 bridgehead atoms. The summed E-state index contributed by atoms with van der Waals surface area (Å²) in [6, 6.07) is 12.4. The molecule has 0 radical (unpaired) electrons. The molecule has 3 rings (SSSR count). The number of nitrogens with zero attached hydrogens (tertiary/aromatic N) is 1. The smallest absolute Gasteiger partial charge is 0.228 e. The summed E-state index contributed by atoms with van der Waals surface area (Å²) in [7, 11) is 0. The van der Waals surface area contributed by atoms with E-state index in [2.05, 4.69) is 36.2 Å². The molecular weight excluding hydrogens is 312 g/mol. The summed E-state index contributed by atoms with van der Waals surface area (Å²) in [5.41, 5.74) is 2.23. The van der Waals surface area contributed by atoms with E-state index in [1.807, 2.05) is 24.3 Å². The van der Waals surface area contributed by atoms with Gasteiger partial charge < -0.3 is 9.73 Å². The molecule has 1 saturated heterocycles. The largest absolute Gasteiger partial charge is 0.469 e. The van der Waals surface area contributed by atoms with Gasteiger partial charge in [0.1, 0.15) is 5.76 Å². The van der Waals surface area contributed by atoms with Crippen LogP contribution in [0.15, 0.2) is 47.1 Å². The maximum Gasteiger partial charge on any atom is 0.228 e. The Kier molecular flexibility index (Phi) is 5.92. The molecule has 0 spiro atoms. The fourth-order valence-corrected chi connectivity index (χ4v) is 3.47. The molecule has 0 aliphatic carbocycles. The van der Waals surface area contributed by atoms with Crippen LogP contribution in [-0.2, 0) is 11.2 Å². The fourth-order valence-electron chi connectivity index (χ4n) is 3.47. The van der Waals surface area contributed by atoms with E-state index < -0.39 is 0 Å². The molecule has 1 amide bonds. The van der Waals surface area contributed by atoms with Gasteiger partial charge in [0.15, 0.2) is 0 Å². The Hall–Kier alpha value is -2.07. The van der Waals surface area contributed by atoms with Gasteiger partial charge in [0.2, 0.25) is 5.91 Å². The molecule has 1 fully saturated rings. The van der Waals surface area contributed by atoms with Gasteiger partial charge in [-0.1, -0.05) is 29.8 Å². The Morgan fingerprint density at radius 3 is 2.56 bits per heavy atom. The van der Waals surface area contributed by atoms with E-state index >= 15 is 0 Å². The van der Waals surface area contributed by atoms with Crippen molar-refractivity contribution in [3.05, 3.63) is 59.5 Å². The molecule has 25 heavy (non-hydrogen) atoms. The third-order valence-electron chi connectivity index (χ3n) is 5.12. The molecule has 4 nitrogen and oxygen atoms in total. The Labute approximate surface area is 150 Å². The van der Waals surface area contributed by atoms with Gasteiger partial charge in [-0.25, -0.2) is 0 Å². The van der Waals surface area contributed by atoms with Crippen molar-refractivity contribution in [2.75, 3.05) is 19.6 Å². The molecule has 2 heterocycles. The summed E-state index contributed by atoms with van der Waals surface area (Å²) >= 11 is 0. The zero-order valence-corrected chi connectivity index (χ0v) is 15.2. The minimum absolute atomic E-state index is 0.0753. The molecule has 2 atom stereocenters. The molecule has 1 aromatic carbocycles. The zero-order chi connectivity index (χ0) is 17.6. The number of benzene rings is 1. The summed E-state index contributed by atoms with van der Waals surface area (Å²) in [5.74, 6) is 0.692. The number of carbonyl (C=O) groups excluding carboxylic acids is 1. The minimum Gasteiger partial charge on any atom is -0.469 e. The quantitative estimate of drug-likeness (QED) is 0.839. The van der Waals surface area contributed by atoms with Gasteiger partial charge in [0.25, 0.3) is 0 Å². The number of nitrogens with one attached hydrogen (secondary N) is 1. The van der Waals surface area contributed by atoms with Crippen molar-refractivity contribution < 1.29 is 9.21 Å². The van der Waals surface area contributed by atoms with Gasteiger partial charge in [0.05, 0.1) is 12.2 Å². The number of aryl methyl sites for hydroxylation is 1. The van der Waals surface area contributed by atoms with Crippen LogP contribution in [0.1, 0.15) is 42.6 Å². The summed E-state index contributed by atoms with van der Waals surface area (Å²) < 4.78 is 5.48. The van der Waals surface area contributed by atoms with E-state index in [-0.39, 0.29) is 11.8 Å². The monoisotopic (exact) mass is 340 g/mol. The number of amides is 1. The molecule has 1 aromatic heterocycles. The SMILES string of the molecule is Cc1ccc(C(Cc2ccco2)C(=O)NCC(C)N2CCCC2)cc1. The average molecular weight is 340 g/mol. The predicted octanol–water partition coefficient (Wildman–Crippen LogP) is 3.51. The van der Waals surface area contributed by atoms with Gasteiger partial charge >= 0.3 is 0 Å². The van der Waals surface area contributed by atoms with Crippen LogP contribution >= 0.6 is 0 Å². The van der Waals surface area contributed by atoms with Crippen molar-refractivity contribution >= 4 is 5.91 Å². The number of carbonyl (C=O) groups is 1. The van der Waals surface area contributed by atoms with Crippen LogP contribution in [0.5, 0.6) is 0 Å². The number of hydrogen-bond donors (Lipinski definition) is 1. The number of rotatable bonds is 7. The molecule has 134 valence electrons. The highest BCUT2D eigenvalue weighted by atomic mass is 16.3. The zero-order valence-electron chi connectivity index (χ0n) is 15.2. The number of likely N-dealkylation sites (tertiary alicyclic amines) is 1. The first-order valence-electron chi connectivity index (χ1n) is 9.24. The summed E-state index contributed by atoms with van der Waals surface area (Å²) in [5, 5.41) is 3.16. The summed E-state index contributed by atoms with van der Waals surface area (Å²) in [4.78, 5) is 15.4. The lowest BCUT2D eigenvalue weighted by atomic mass is 9.93. The van der Waals surface area contributed by atoms with Crippen molar-refractivity contribution in [1.29, 1.82) is 0 Å². The first-order valence-corrected chi connectivity index (χ1v) is 9.24. The second kappa shape index (κ2) is 8.34. The standard InChI is InChI=1S/C21H28N2O2/c1-16-7-9-18(10-8-16)20(14-19-6-5-13-25-19)21(24)22-15-17(2)23-11-3-4-12-23/h5-10,13,17,20H,3-4,11-12,14-15H2,1-2H3,(H,22,24). The van der Waals surface area contributed by atoms with E-state index in [1.54, 1.807) is 6.26 Å². The van der Waals surface area contributed by atoms with Gasteiger partial charge in [-0.3, -0.25) is 9.69 Å². The van der Waals surface area contributed by atoms with Crippen molar-refractivity contribution in [2.45, 2.75) is 45.1 Å². The first-order chi connectivity index (χ1) is 12.1. The van der Waals surface area contributed by atoms with E-state index in [9.17, 15) is 4.79 Å². The Morgan fingerprint density at radius 1 is 1.20 bits per heavy atom. The normalized spacial score (nSPS) is 17.4. The molecular formula is C21H28N2O2. The molecule has 1 aliphatic heterocycles. The van der Waals surface area contributed by atoms with Crippen molar-refractivity contribution in [1.82, 2.24) is 10.2 Å². The highest BCUT2D eigenvalue weighted by molar-refractivity contribution is 5.84. The molecule has 2 aromatic rings. The van der Waals surface area contributed by atoms with Crippen LogP contribution < -0.4 is 5.32 Å². The van der Waals surface area contributed by atoms with Gasteiger partial charge in [-0.2, -0.15) is 0 Å². The number of furan rings is 1. The van der Waals surface area contributed by atoms with Crippen LogP contribution in [0.25, 0.3) is 0 Å². The van der Waals surface area contributed by atoms with Crippen molar-refractivity contribution in [2.24, 2.45) is 0 Å². The van der Waals surface area contributed by atoms with Gasteiger partial charge in [-0.15, -0.1) is 0 Å². The van der Waals surface area contributed by atoms with Crippen LogP contribution in [0.3, 0.4) is 0 Å². The summed E-state index contributed by atoms with van der Waals surface area (Å²) in [6.07, 6.45) is 4.78. The lowest BCUT2D eigenvalue weighted by molar-refractivity contribution is -0.122. The van der Waals surface area contributed by atoms with Gasteiger partial charge in [0, 0.05) is 19.0 Å². The molecule has 4 heteroatoms. The van der Waals surface area contributed by atoms with Crippen LogP contribution in [0, 0.1) is 6.92 Å². The maximum atomic E-state index is 12.9. The van der Waals surface area contributed by atoms with Crippen LogP contribution in [0.4, 0.5) is 0 Å². The molecule has 0 saturated carbocycles. The number of hydrogen-bond acceptors (Lipinski definition) is 3. The van der Waals surface area contributed by atoms with E-state index in [1.165, 1.54) is 18.4 Å². The Bertz CT molecular complexity index is 658. The van der Waals surface area contributed by atoms with Crippen LogP contribution in [0.2, 0.25) is 0 Å². The predicted molar refractivity (Wildman–Crippen MR) is 99.6 cm³/mol. The van der Waals surface area contributed by atoms with E-state index in [4.69, 9.17) is 4.42 Å².